The van der Waals surface area contributed by atoms with Gasteiger partial charge in [-0.25, -0.2) is 4.98 Å². The van der Waals surface area contributed by atoms with E-state index in [0.29, 0.717) is 13.0 Å². The molecule has 0 saturated heterocycles. The number of nitrogens with two attached hydrogens (primary N) is 1. The fraction of sp³-hybridized carbons (Fsp3) is 0.250. The number of aryl methyl sites for hydroxylation is 1. The zero-order valence-electron chi connectivity index (χ0n) is 10.5. The number of amidine groups is 1. The Morgan fingerprint density at radius 1 is 1.42 bits per heavy atom. The average molecular weight is 261 g/mol. The highest BCUT2D eigenvalue weighted by Gasteiger charge is 2.02. The van der Waals surface area contributed by atoms with Crippen LogP contribution < -0.4 is 10.5 Å². The third-order valence-electron chi connectivity index (χ3n) is 2.61. The monoisotopic (exact) mass is 261 g/mol. The van der Waals surface area contributed by atoms with Gasteiger partial charge in [0.1, 0.15) is 24.5 Å². The van der Waals surface area contributed by atoms with Crippen LogP contribution >= 0.6 is 0 Å². The molecule has 0 atom stereocenters. The van der Waals surface area contributed by atoms with Gasteiger partial charge in [0.05, 0.1) is 0 Å². The van der Waals surface area contributed by atoms with Gasteiger partial charge in [-0.05, 0) is 17.7 Å². The molecular weight excluding hydrogens is 246 g/mol. The summed E-state index contributed by atoms with van der Waals surface area (Å²) >= 11 is 0. The Bertz CT molecular complexity index is 562. The van der Waals surface area contributed by atoms with Gasteiger partial charge in [0.25, 0.3) is 0 Å². The van der Waals surface area contributed by atoms with Crippen molar-refractivity contribution in [3.05, 3.63) is 42.0 Å². The van der Waals surface area contributed by atoms with Crippen LogP contribution in [0.3, 0.4) is 0 Å². The molecule has 19 heavy (non-hydrogen) atoms. The third kappa shape index (κ3) is 3.44. The zero-order chi connectivity index (χ0) is 13.7. The van der Waals surface area contributed by atoms with Crippen molar-refractivity contribution in [1.82, 2.24) is 14.8 Å². The minimum atomic E-state index is 0.174. The molecule has 1 aromatic carbocycles. The molecular formula is C12H15N5O2. The Balaban J connectivity index is 1.94. The first-order valence-electron chi connectivity index (χ1n) is 5.70. The number of oxime groups is 1. The van der Waals surface area contributed by atoms with Crippen molar-refractivity contribution >= 4 is 5.84 Å². The van der Waals surface area contributed by atoms with Gasteiger partial charge >= 0.3 is 0 Å². The largest absolute Gasteiger partial charge is 0.486 e. The molecule has 1 aromatic heterocycles. The molecule has 0 bridgehead atoms. The zero-order valence-corrected chi connectivity index (χ0v) is 10.5. The molecule has 3 N–H and O–H groups in total. The molecule has 0 fully saturated rings. The molecule has 7 nitrogen and oxygen atoms in total. The summed E-state index contributed by atoms with van der Waals surface area (Å²) in [5.41, 5.74) is 6.38. The molecule has 0 spiro atoms. The first kappa shape index (κ1) is 12.9. The molecule has 100 valence electrons. The molecule has 2 rings (SSSR count). The van der Waals surface area contributed by atoms with Crippen LogP contribution in [0.25, 0.3) is 0 Å². The summed E-state index contributed by atoms with van der Waals surface area (Å²) in [6.07, 6.45) is 1.89. The van der Waals surface area contributed by atoms with Gasteiger partial charge in [0.2, 0.25) is 0 Å². The van der Waals surface area contributed by atoms with Gasteiger partial charge in [0.15, 0.2) is 5.82 Å². The van der Waals surface area contributed by atoms with Crippen LogP contribution in [0.5, 0.6) is 5.75 Å². The normalized spacial score (nSPS) is 11.5. The van der Waals surface area contributed by atoms with Gasteiger partial charge in [0, 0.05) is 13.5 Å². The van der Waals surface area contributed by atoms with Crippen molar-refractivity contribution in [3.63, 3.8) is 0 Å². The first-order chi connectivity index (χ1) is 9.19. The molecule has 0 saturated carbocycles. The molecule has 1 heterocycles. The van der Waals surface area contributed by atoms with Gasteiger partial charge in [-0.15, -0.1) is 0 Å². The number of ether oxygens (including phenoxy) is 1. The Morgan fingerprint density at radius 3 is 2.74 bits per heavy atom. The van der Waals surface area contributed by atoms with Gasteiger partial charge in [-0.2, -0.15) is 5.10 Å². The Morgan fingerprint density at radius 2 is 2.16 bits per heavy atom. The van der Waals surface area contributed by atoms with E-state index in [-0.39, 0.29) is 5.84 Å². The average Bonchev–Trinajstić information content (AvgIpc) is 2.83. The van der Waals surface area contributed by atoms with Crippen molar-refractivity contribution in [2.45, 2.75) is 13.0 Å². The van der Waals surface area contributed by atoms with E-state index < -0.39 is 0 Å². The number of nitrogens with zero attached hydrogens (tertiary/aromatic N) is 4. The molecule has 0 aliphatic carbocycles. The van der Waals surface area contributed by atoms with Crippen LogP contribution in [0.1, 0.15) is 11.4 Å². The van der Waals surface area contributed by atoms with E-state index in [1.54, 1.807) is 4.68 Å². The lowest BCUT2D eigenvalue weighted by atomic mass is 10.1. The van der Waals surface area contributed by atoms with E-state index in [0.717, 1.165) is 17.1 Å². The lowest BCUT2D eigenvalue weighted by Crippen LogP contribution is -2.14. The number of aromatic nitrogens is 3. The molecule has 0 unspecified atom stereocenters. The van der Waals surface area contributed by atoms with Gasteiger partial charge < -0.3 is 15.7 Å². The van der Waals surface area contributed by atoms with Crippen LogP contribution in [0.15, 0.2) is 35.7 Å². The molecule has 0 aliphatic heterocycles. The second-order valence-corrected chi connectivity index (χ2v) is 4.00. The standard InChI is InChI=1S/C12H15N5O2/c1-17-12(14-8-15-17)7-19-10-4-2-9(3-5-10)6-11(13)16-18/h2-5,8,18H,6-7H2,1H3,(H2,13,16). The van der Waals surface area contributed by atoms with E-state index in [2.05, 4.69) is 15.2 Å². The van der Waals surface area contributed by atoms with Crippen molar-refractivity contribution in [3.8, 4) is 5.75 Å². The topological polar surface area (TPSA) is 98.5 Å². The summed E-state index contributed by atoms with van der Waals surface area (Å²) in [6.45, 7) is 0.357. The summed E-state index contributed by atoms with van der Waals surface area (Å²) in [5.74, 6) is 1.65. The Labute approximate surface area is 110 Å². The summed E-state index contributed by atoms with van der Waals surface area (Å²) < 4.78 is 7.24. The van der Waals surface area contributed by atoms with Crippen molar-refractivity contribution in [1.29, 1.82) is 0 Å². The third-order valence-corrected chi connectivity index (χ3v) is 2.61. The minimum Gasteiger partial charge on any atom is -0.486 e. The van der Waals surface area contributed by atoms with Crippen LogP contribution in [-0.4, -0.2) is 25.8 Å². The summed E-state index contributed by atoms with van der Waals surface area (Å²) in [5, 5.41) is 15.4. The quantitative estimate of drug-likeness (QED) is 0.357. The SMILES string of the molecule is Cn1ncnc1COc1ccc(CC(N)=NO)cc1. The lowest BCUT2D eigenvalue weighted by molar-refractivity contribution is 0.289. The van der Waals surface area contributed by atoms with Crippen LogP contribution in [0.4, 0.5) is 0 Å². The van der Waals surface area contributed by atoms with Gasteiger partial charge in [-0.1, -0.05) is 17.3 Å². The molecule has 7 heteroatoms. The van der Waals surface area contributed by atoms with Crippen LogP contribution in [-0.2, 0) is 20.1 Å². The number of hydrogen-bond donors (Lipinski definition) is 2. The minimum absolute atomic E-state index is 0.174. The lowest BCUT2D eigenvalue weighted by Gasteiger charge is -2.06. The Kier molecular flexibility index (Phi) is 3.97. The second kappa shape index (κ2) is 5.85. The predicted molar refractivity (Wildman–Crippen MR) is 68.9 cm³/mol. The number of hydrogen-bond acceptors (Lipinski definition) is 5. The van der Waals surface area contributed by atoms with Crippen LogP contribution in [0, 0.1) is 0 Å². The molecule has 0 radical (unpaired) electrons. The highest BCUT2D eigenvalue weighted by molar-refractivity contribution is 5.82. The summed E-state index contributed by atoms with van der Waals surface area (Å²) in [7, 11) is 1.81. The van der Waals surface area contributed by atoms with E-state index >= 15 is 0 Å². The van der Waals surface area contributed by atoms with E-state index in [4.69, 9.17) is 15.7 Å². The highest BCUT2D eigenvalue weighted by atomic mass is 16.5. The maximum Gasteiger partial charge on any atom is 0.164 e. The summed E-state index contributed by atoms with van der Waals surface area (Å²) in [6, 6.07) is 7.39. The second-order valence-electron chi connectivity index (χ2n) is 4.00. The Hall–Kier alpha value is -2.57. The number of benzene rings is 1. The maximum atomic E-state index is 8.49. The predicted octanol–water partition coefficient (Wildman–Crippen LogP) is 0.683. The summed E-state index contributed by atoms with van der Waals surface area (Å²) in [4.78, 5) is 4.07. The molecule has 0 amide bonds. The fourth-order valence-corrected chi connectivity index (χ4v) is 1.55. The van der Waals surface area contributed by atoms with E-state index in [1.807, 2.05) is 31.3 Å². The van der Waals surface area contributed by atoms with E-state index in [1.165, 1.54) is 6.33 Å². The number of rotatable bonds is 5. The molecule has 2 aromatic rings. The molecule has 0 aliphatic rings. The maximum absolute atomic E-state index is 8.49. The van der Waals surface area contributed by atoms with Crippen LogP contribution in [0.2, 0.25) is 0 Å². The van der Waals surface area contributed by atoms with Crippen molar-refractivity contribution in [2.24, 2.45) is 17.9 Å². The van der Waals surface area contributed by atoms with Gasteiger partial charge in [-0.3, -0.25) is 4.68 Å². The highest BCUT2D eigenvalue weighted by Crippen LogP contribution is 2.13. The van der Waals surface area contributed by atoms with E-state index in [9.17, 15) is 0 Å². The van der Waals surface area contributed by atoms with Crippen molar-refractivity contribution < 1.29 is 9.94 Å². The van der Waals surface area contributed by atoms with Crippen molar-refractivity contribution in [2.75, 3.05) is 0 Å². The first-order valence-corrected chi connectivity index (χ1v) is 5.70. The fourth-order valence-electron chi connectivity index (χ4n) is 1.55. The smallest absolute Gasteiger partial charge is 0.164 e.